The van der Waals surface area contributed by atoms with E-state index in [2.05, 4.69) is 29.8 Å². The highest BCUT2D eigenvalue weighted by atomic mass is 35.5. The van der Waals surface area contributed by atoms with E-state index in [1.54, 1.807) is 11.3 Å². The van der Waals surface area contributed by atoms with Crippen molar-refractivity contribution in [2.24, 2.45) is 0 Å². The number of halogens is 1. The van der Waals surface area contributed by atoms with E-state index in [1.807, 2.05) is 12.1 Å². The Bertz CT molecular complexity index is 556. The molecule has 0 saturated carbocycles. The minimum Gasteiger partial charge on any atom is -1.00 e. The molecule has 0 unspecified atom stereocenters. The molecule has 1 aromatic carbocycles. The van der Waals surface area contributed by atoms with Crippen LogP contribution in [0.1, 0.15) is 16.0 Å². The van der Waals surface area contributed by atoms with Gasteiger partial charge in [0.25, 0.3) is 0 Å². The van der Waals surface area contributed by atoms with Gasteiger partial charge < -0.3 is 27.2 Å². The van der Waals surface area contributed by atoms with Crippen molar-refractivity contribution >= 4 is 11.3 Å². The van der Waals surface area contributed by atoms with E-state index in [1.165, 1.54) is 16.0 Å². The zero-order chi connectivity index (χ0) is 12.4. The molecule has 19 heavy (non-hydrogen) atoms. The first-order valence-corrected chi connectivity index (χ1v) is 6.83. The summed E-state index contributed by atoms with van der Waals surface area (Å²) >= 11 is 1.80. The average molecular weight is 297 g/mol. The number of thiophene rings is 1. The fourth-order valence-electron chi connectivity index (χ4n) is 1.96. The van der Waals surface area contributed by atoms with Crippen LogP contribution in [-0.2, 0) is 13.1 Å². The van der Waals surface area contributed by atoms with Crippen molar-refractivity contribution in [3.05, 3.63) is 45.6 Å². The Labute approximate surface area is 123 Å². The molecular formula is C14H15ClNO2S-. The van der Waals surface area contributed by atoms with Gasteiger partial charge in [-0.05, 0) is 41.6 Å². The summed E-state index contributed by atoms with van der Waals surface area (Å²) < 4.78 is 10.7. The minimum atomic E-state index is 0. The first-order valence-electron chi connectivity index (χ1n) is 5.95. The molecule has 1 aliphatic rings. The van der Waals surface area contributed by atoms with Gasteiger partial charge in [0.2, 0.25) is 6.79 Å². The van der Waals surface area contributed by atoms with Gasteiger partial charge in [-0.1, -0.05) is 6.07 Å². The smallest absolute Gasteiger partial charge is 0.231 e. The molecule has 3 rings (SSSR count). The summed E-state index contributed by atoms with van der Waals surface area (Å²) in [7, 11) is 0. The van der Waals surface area contributed by atoms with Crippen molar-refractivity contribution in [1.82, 2.24) is 5.32 Å². The number of nitrogens with one attached hydrogen (secondary N) is 1. The molecule has 5 heteroatoms. The normalized spacial score (nSPS) is 12.3. The fraction of sp³-hybridized carbons (Fsp3) is 0.286. The summed E-state index contributed by atoms with van der Waals surface area (Å²) in [5, 5.41) is 5.58. The van der Waals surface area contributed by atoms with Crippen LogP contribution in [0.4, 0.5) is 0 Å². The molecular weight excluding hydrogens is 282 g/mol. The predicted octanol–water partition coefficient (Wildman–Crippen LogP) is 0.0790. The molecule has 102 valence electrons. The largest absolute Gasteiger partial charge is 1.00 e. The lowest BCUT2D eigenvalue weighted by Gasteiger charge is -2.05. The van der Waals surface area contributed by atoms with Gasteiger partial charge in [0.15, 0.2) is 11.5 Å². The van der Waals surface area contributed by atoms with Gasteiger partial charge in [-0.3, -0.25) is 0 Å². The lowest BCUT2D eigenvalue weighted by molar-refractivity contribution is -0.00000519. The Morgan fingerprint density at radius 3 is 2.79 bits per heavy atom. The number of benzene rings is 1. The predicted molar refractivity (Wildman–Crippen MR) is 72.2 cm³/mol. The zero-order valence-corrected chi connectivity index (χ0v) is 12.2. The number of hydrogen-bond donors (Lipinski definition) is 1. The van der Waals surface area contributed by atoms with Crippen molar-refractivity contribution in [3.8, 4) is 11.5 Å². The summed E-state index contributed by atoms with van der Waals surface area (Å²) in [6, 6.07) is 8.23. The van der Waals surface area contributed by atoms with Gasteiger partial charge in [0, 0.05) is 18.0 Å². The monoisotopic (exact) mass is 296 g/mol. The lowest BCUT2D eigenvalue weighted by Crippen LogP contribution is -3.00. The van der Waals surface area contributed by atoms with Gasteiger partial charge in [0.05, 0.1) is 0 Å². The van der Waals surface area contributed by atoms with Crippen LogP contribution in [0.15, 0.2) is 29.6 Å². The SMILES string of the molecule is Cc1ccsc1CNCc1ccc2c(c1)OCO2.[Cl-]. The van der Waals surface area contributed by atoms with Crippen molar-refractivity contribution in [2.45, 2.75) is 20.0 Å². The quantitative estimate of drug-likeness (QED) is 0.867. The molecule has 1 aliphatic heterocycles. The molecule has 0 bridgehead atoms. The topological polar surface area (TPSA) is 30.5 Å². The van der Waals surface area contributed by atoms with Gasteiger partial charge >= 0.3 is 0 Å². The first-order chi connectivity index (χ1) is 8.83. The van der Waals surface area contributed by atoms with E-state index in [9.17, 15) is 0 Å². The average Bonchev–Trinajstić information content (AvgIpc) is 2.98. The Kier molecular flexibility index (Phi) is 4.69. The maximum atomic E-state index is 5.36. The molecule has 1 N–H and O–H groups in total. The van der Waals surface area contributed by atoms with E-state index < -0.39 is 0 Å². The molecule has 3 nitrogen and oxygen atoms in total. The van der Waals surface area contributed by atoms with Crippen LogP contribution in [0.3, 0.4) is 0 Å². The number of fused-ring (bicyclic) bond motifs is 1. The molecule has 0 spiro atoms. The second kappa shape index (κ2) is 6.28. The molecule has 0 fully saturated rings. The van der Waals surface area contributed by atoms with E-state index in [0.717, 1.165) is 24.6 Å². The van der Waals surface area contributed by atoms with Crippen LogP contribution < -0.4 is 27.2 Å². The molecule has 0 amide bonds. The first kappa shape index (κ1) is 14.2. The summed E-state index contributed by atoms with van der Waals surface area (Å²) in [5.74, 6) is 1.69. The third kappa shape index (κ3) is 3.21. The second-order valence-electron chi connectivity index (χ2n) is 4.32. The standard InChI is InChI=1S/C14H15NO2S.ClH/c1-10-4-5-18-14(10)8-15-7-11-2-3-12-13(6-11)17-9-16-12;/h2-6,15H,7-9H2,1H3;1H/p-1. The number of rotatable bonds is 4. The second-order valence-corrected chi connectivity index (χ2v) is 5.32. The minimum absolute atomic E-state index is 0. The van der Waals surface area contributed by atoms with Crippen LogP contribution in [0.25, 0.3) is 0 Å². The van der Waals surface area contributed by atoms with Gasteiger partial charge in [-0.15, -0.1) is 11.3 Å². The van der Waals surface area contributed by atoms with E-state index in [0.29, 0.717) is 6.79 Å². The van der Waals surface area contributed by atoms with Crippen LogP contribution in [0.2, 0.25) is 0 Å². The maximum absolute atomic E-state index is 5.36. The van der Waals surface area contributed by atoms with Crippen molar-refractivity contribution < 1.29 is 21.9 Å². The summed E-state index contributed by atoms with van der Waals surface area (Å²) in [5.41, 5.74) is 2.58. The van der Waals surface area contributed by atoms with Crippen molar-refractivity contribution in [1.29, 1.82) is 0 Å². The molecule has 0 atom stereocenters. The summed E-state index contributed by atoms with van der Waals surface area (Å²) in [4.78, 5) is 1.40. The molecule has 1 aromatic heterocycles. The zero-order valence-electron chi connectivity index (χ0n) is 10.6. The fourth-order valence-corrected chi connectivity index (χ4v) is 2.83. The van der Waals surface area contributed by atoms with Gasteiger partial charge in [-0.2, -0.15) is 0 Å². The lowest BCUT2D eigenvalue weighted by atomic mass is 10.2. The highest BCUT2D eigenvalue weighted by Crippen LogP contribution is 2.32. The van der Waals surface area contributed by atoms with Crippen LogP contribution >= 0.6 is 11.3 Å². The Morgan fingerprint density at radius 1 is 1.16 bits per heavy atom. The Balaban J connectivity index is 0.00000133. The number of hydrogen-bond acceptors (Lipinski definition) is 4. The van der Waals surface area contributed by atoms with Crippen molar-refractivity contribution in [2.75, 3.05) is 6.79 Å². The highest BCUT2D eigenvalue weighted by Gasteiger charge is 2.12. The van der Waals surface area contributed by atoms with Crippen molar-refractivity contribution in [3.63, 3.8) is 0 Å². The highest BCUT2D eigenvalue weighted by molar-refractivity contribution is 7.10. The van der Waals surface area contributed by atoms with Crippen LogP contribution in [0, 0.1) is 6.92 Å². The third-order valence-electron chi connectivity index (χ3n) is 3.02. The van der Waals surface area contributed by atoms with E-state index in [4.69, 9.17) is 9.47 Å². The third-order valence-corrected chi connectivity index (χ3v) is 4.04. The van der Waals surface area contributed by atoms with E-state index >= 15 is 0 Å². The molecule has 2 aromatic rings. The Morgan fingerprint density at radius 2 is 2.00 bits per heavy atom. The summed E-state index contributed by atoms with van der Waals surface area (Å²) in [6.07, 6.45) is 0. The van der Waals surface area contributed by atoms with Crippen LogP contribution in [0.5, 0.6) is 11.5 Å². The van der Waals surface area contributed by atoms with Gasteiger partial charge in [0.1, 0.15) is 0 Å². The molecule has 0 aliphatic carbocycles. The summed E-state index contributed by atoms with van der Waals surface area (Å²) in [6.45, 7) is 4.24. The molecule has 0 saturated heterocycles. The van der Waals surface area contributed by atoms with E-state index in [-0.39, 0.29) is 12.4 Å². The molecule has 2 heterocycles. The maximum Gasteiger partial charge on any atom is 0.231 e. The van der Waals surface area contributed by atoms with Crippen LogP contribution in [-0.4, -0.2) is 6.79 Å². The number of ether oxygens (including phenoxy) is 2. The number of aryl methyl sites for hydroxylation is 1. The Hall–Kier alpha value is -1.23. The van der Waals surface area contributed by atoms with Gasteiger partial charge in [-0.25, -0.2) is 0 Å². The molecule has 0 radical (unpaired) electrons.